The molecule has 3 heteroatoms. The van der Waals surface area contributed by atoms with E-state index >= 15 is 0 Å². The summed E-state index contributed by atoms with van der Waals surface area (Å²) in [4.78, 5) is 11.1. The van der Waals surface area contributed by atoms with Crippen LogP contribution in [0.5, 0.6) is 0 Å². The third-order valence-corrected chi connectivity index (χ3v) is 3.24. The minimum Gasteiger partial charge on any atom is -0.350 e. The summed E-state index contributed by atoms with van der Waals surface area (Å²) >= 11 is 1.39. The van der Waals surface area contributed by atoms with Crippen LogP contribution in [0.15, 0.2) is 12.2 Å². The first-order chi connectivity index (χ1) is 5.66. The van der Waals surface area contributed by atoms with Crippen molar-refractivity contribution in [1.29, 1.82) is 0 Å². The second kappa shape index (κ2) is 3.99. The fourth-order valence-electron chi connectivity index (χ4n) is 1.33. The molecule has 1 N–H and O–H groups in total. The molecule has 1 atom stereocenters. The van der Waals surface area contributed by atoms with Crippen molar-refractivity contribution in [3.8, 4) is 0 Å². The van der Waals surface area contributed by atoms with Gasteiger partial charge in [-0.3, -0.25) is 4.79 Å². The van der Waals surface area contributed by atoms with Crippen LogP contribution in [-0.4, -0.2) is 17.0 Å². The van der Waals surface area contributed by atoms with Crippen LogP contribution >= 0.6 is 11.8 Å². The first-order valence-corrected chi connectivity index (χ1v) is 5.06. The van der Waals surface area contributed by atoms with E-state index in [1.54, 1.807) is 7.05 Å². The molecule has 0 radical (unpaired) electrons. The topological polar surface area (TPSA) is 29.1 Å². The Morgan fingerprint density at radius 1 is 1.67 bits per heavy atom. The maximum Gasteiger partial charge on any atom is 0.279 e. The molecule has 2 nitrogen and oxygen atoms in total. The number of carbonyl (C=O) groups is 1. The minimum absolute atomic E-state index is 0.0261. The number of hydrogen-bond donors (Lipinski definition) is 1. The van der Waals surface area contributed by atoms with Crippen LogP contribution in [0.1, 0.15) is 26.2 Å². The van der Waals surface area contributed by atoms with Gasteiger partial charge in [-0.2, -0.15) is 0 Å². The molecule has 0 saturated carbocycles. The van der Waals surface area contributed by atoms with Crippen LogP contribution in [-0.2, 0) is 0 Å². The van der Waals surface area contributed by atoms with Crippen molar-refractivity contribution in [2.45, 2.75) is 30.9 Å². The van der Waals surface area contributed by atoms with Gasteiger partial charge in [0.25, 0.3) is 5.24 Å². The SMILES string of the molecule is CNC(=O)SC1(C)C=CCCC1. The van der Waals surface area contributed by atoms with Crippen LogP contribution in [0.2, 0.25) is 0 Å². The van der Waals surface area contributed by atoms with E-state index in [4.69, 9.17) is 0 Å². The molecular weight excluding hydrogens is 170 g/mol. The smallest absolute Gasteiger partial charge is 0.279 e. The quantitative estimate of drug-likeness (QED) is 0.636. The van der Waals surface area contributed by atoms with Crippen LogP contribution in [0, 0.1) is 0 Å². The Balaban J connectivity index is 2.53. The molecule has 1 amide bonds. The lowest BCUT2D eigenvalue weighted by molar-refractivity contribution is 0.262. The zero-order valence-electron chi connectivity index (χ0n) is 7.59. The van der Waals surface area contributed by atoms with E-state index in [0.29, 0.717) is 0 Å². The van der Waals surface area contributed by atoms with Gasteiger partial charge in [-0.25, -0.2) is 0 Å². The molecule has 0 aromatic carbocycles. The molecule has 0 aromatic rings. The molecule has 1 rings (SSSR count). The molecule has 0 fully saturated rings. The summed E-state index contributed by atoms with van der Waals surface area (Å²) in [7, 11) is 1.67. The van der Waals surface area contributed by atoms with Crippen LogP contribution in [0.25, 0.3) is 0 Å². The van der Waals surface area contributed by atoms with E-state index in [1.165, 1.54) is 18.2 Å². The number of allylic oxidation sites excluding steroid dienone is 1. The second-order valence-electron chi connectivity index (χ2n) is 3.25. The first kappa shape index (κ1) is 9.65. The standard InChI is InChI=1S/C9H15NOS/c1-9(12-8(11)10-2)6-4-3-5-7-9/h4,6H,3,5,7H2,1-2H3,(H,10,11). The van der Waals surface area contributed by atoms with Crippen molar-refractivity contribution in [2.75, 3.05) is 7.05 Å². The molecule has 0 spiro atoms. The third kappa shape index (κ3) is 2.55. The zero-order chi connectivity index (χ0) is 9.03. The zero-order valence-corrected chi connectivity index (χ0v) is 8.41. The van der Waals surface area contributed by atoms with E-state index in [9.17, 15) is 4.79 Å². The van der Waals surface area contributed by atoms with Gasteiger partial charge >= 0.3 is 0 Å². The van der Waals surface area contributed by atoms with Gasteiger partial charge in [0.15, 0.2) is 0 Å². The molecule has 0 saturated heterocycles. The van der Waals surface area contributed by atoms with E-state index in [2.05, 4.69) is 24.4 Å². The molecule has 1 aliphatic rings. The summed E-state index contributed by atoms with van der Waals surface area (Å²) in [5.41, 5.74) is 0. The number of amides is 1. The van der Waals surface area contributed by atoms with E-state index in [1.807, 2.05) is 0 Å². The maximum absolute atomic E-state index is 11.1. The van der Waals surface area contributed by atoms with Crippen molar-refractivity contribution in [2.24, 2.45) is 0 Å². The predicted molar refractivity (Wildman–Crippen MR) is 53.4 cm³/mol. The van der Waals surface area contributed by atoms with Gasteiger partial charge in [0, 0.05) is 11.8 Å². The normalized spacial score (nSPS) is 28.5. The fourth-order valence-corrected chi connectivity index (χ4v) is 2.27. The van der Waals surface area contributed by atoms with Crippen LogP contribution in [0.4, 0.5) is 4.79 Å². The van der Waals surface area contributed by atoms with Crippen molar-refractivity contribution >= 4 is 17.0 Å². The van der Waals surface area contributed by atoms with E-state index in [0.717, 1.165) is 12.8 Å². The molecule has 12 heavy (non-hydrogen) atoms. The van der Waals surface area contributed by atoms with Gasteiger partial charge in [0.05, 0.1) is 0 Å². The van der Waals surface area contributed by atoms with Gasteiger partial charge < -0.3 is 5.32 Å². The molecule has 1 unspecified atom stereocenters. The Morgan fingerprint density at radius 3 is 2.92 bits per heavy atom. The monoisotopic (exact) mass is 185 g/mol. The number of thioether (sulfide) groups is 1. The molecule has 0 bridgehead atoms. The highest BCUT2D eigenvalue weighted by Crippen LogP contribution is 2.35. The number of carbonyl (C=O) groups excluding carboxylic acids is 1. The number of hydrogen-bond acceptors (Lipinski definition) is 2. The highest BCUT2D eigenvalue weighted by Gasteiger charge is 2.26. The molecule has 68 valence electrons. The number of nitrogens with one attached hydrogen (secondary N) is 1. The Kier molecular flexibility index (Phi) is 3.20. The van der Waals surface area contributed by atoms with Gasteiger partial charge in [-0.15, -0.1) is 0 Å². The molecule has 1 aliphatic carbocycles. The Morgan fingerprint density at radius 2 is 2.42 bits per heavy atom. The predicted octanol–water partition coefficient (Wildman–Crippen LogP) is 2.56. The fraction of sp³-hybridized carbons (Fsp3) is 0.667. The molecule has 0 aliphatic heterocycles. The van der Waals surface area contributed by atoms with Gasteiger partial charge in [0.2, 0.25) is 0 Å². The average molecular weight is 185 g/mol. The van der Waals surface area contributed by atoms with Crippen molar-refractivity contribution in [1.82, 2.24) is 5.32 Å². The van der Waals surface area contributed by atoms with E-state index < -0.39 is 0 Å². The average Bonchev–Trinajstić information content (AvgIpc) is 2.05. The summed E-state index contributed by atoms with van der Waals surface area (Å²) in [6.07, 6.45) is 7.76. The van der Waals surface area contributed by atoms with Gasteiger partial charge in [-0.05, 0) is 26.2 Å². The van der Waals surface area contributed by atoms with Crippen LogP contribution < -0.4 is 5.32 Å². The first-order valence-electron chi connectivity index (χ1n) is 4.25. The van der Waals surface area contributed by atoms with Crippen LogP contribution in [0.3, 0.4) is 0 Å². The van der Waals surface area contributed by atoms with Crippen molar-refractivity contribution in [3.63, 3.8) is 0 Å². The molecular formula is C9H15NOS. The Hall–Kier alpha value is -0.440. The minimum atomic E-state index is 0.0261. The maximum atomic E-state index is 11.1. The van der Waals surface area contributed by atoms with Crippen molar-refractivity contribution < 1.29 is 4.79 Å². The third-order valence-electron chi connectivity index (χ3n) is 2.04. The molecule has 0 heterocycles. The summed E-state index contributed by atoms with van der Waals surface area (Å²) in [5.74, 6) is 0. The lowest BCUT2D eigenvalue weighted by atomic mass is 9.97. The summed E-state index contributed by atoms with van der Waals surface area (Å²) in [5, 5.41) is 2.69. The lowest BCUT2D eigenvalue weighted by Gasteiger charge is -2.26. The lowest BCUT2D eigenvalue weighted by Crippen LogP contribution is -2.25. The Labute approximate surface area is 77.8 Å². The second-order valence-corrected chi connectivity index (χ2v) is 4.75. The van der Waals surface area contributed by atoms with Crippen molar-refractivity contribution in [3.05, 3.63) is 12.2 Å². The highest BCUT2D eigenvalue weighted by molar-refractivity contribution is 8.14. The van der Waals surface area contributed by atoms with E-state index in [-0.39, 0.29) is 9.99 Å². The van der Waals surface area contributed by atoms with Gasteiger partial charge in [0.1, 0.15) is 0 Å². The summed E-state index contributed by atoms with van der Waals surface area (Å²) in [6, 6.07) is 0. The summed E-state index contributed by atoms with van der Waals surface area (Å²) in [6.45, 7) is 2.11. The molecule has 0 aromatic heterocycles. The largest absolute Gasteiger partial charge is 0.350 e. The van der Waals surface area contributed by atoms with Gasteiger partial charge in [-0.1, -0.05) is 23.9 Å². The summed E-state index contributed by atoms with van der Waals surface area (Å²) < 4.78 is 0.0261. The highest BCUT2D eigenvalue weighted by atomic mass is 32.2. The number of rotatable bonds is 1. The Bertz CT molecular complexity index is 203.